The third-order valence-electron chi connectivity index (χ3n) is 2.62. The zero-order chi connectivity index (χ0) is 15.0. The number of hydrogen-bond acceptors (Lipinski definition) is 2. The molecule has 7 heteroatoms. The summed E-state index contributed by atoms with van der Waals surface area (Å²) in [6.45, 7) is 6.27. The van der Waals surface area contributed by atoms with E-state index in [9.17, 15) is 18.0 Å². The molecule has 19 heavy (non-hydrogen) atoms. The first-order valence-corrected chi connectivity index (χ1v) is 5.82. The van der Waals surface area contributed by atoms with Crippen LogP contribution in [-0.4, -0.2) is 20.9 Å². The highest BCUT2D eigenvalue weighted by atomic mass is 19.4. The van der Waals surface area contributed by atoms with Crippen molar-refractivity contribution in [3.8, 4) is 0 Å². The van der Waals surface area contributed by atoms with Crippen molar-refractivity contribution in [2.45, 2.75) is 45.8 Å². The molecule has 1 rings (SSSR count). The molecule has 0 fully saturated rings. The minimum absolute atomic E-state index is 0.0263. The van der Waals surface area contributed by atoms with Crippen LogP contribution in [0.1, 0.15) is 39.1 Å². The lowest BCUT2D eigenvalue weighted by Gasteiger charge is -2.23. The lowest BCUT2D eigenvalue weighted by atomic mass is 10.1. The Morgan fingerprint density at radius 3 is 2.26 bits per heavy atom. The molecular weight excluding hydrogens is 261 g/mol. The molecule has 1 unspecified atom stereocenters. The summed E-state index contributed by atoms with van der Waals surface area (Å²) in [6.07, 6.45) is -4.54. The van der Waals surface area contributed by atoms with Gasteiger partial charge in [0.25, 0.3) is 0 Å². The number of carbonyl (C=O) groups is 1. The van der Waals surface area contributed by atoms with Gasteiger partial charge in [-0.3, -0.25) is 9.48 Å². The van der Waals surface area contributed by atoms with Crippen LogP contribution >= 0.6 is 0 Å². The van der Waals surface area contributed by atoms with E-state index in [0.717, 1.165) is 10.7 Å². The highest BCUT2D eigenvalue weighted by molar-refractivity contribution is 5.69. The first kappa shape index (κ1) is 15.5. The van der Waals surface area contributed by atoms with Gasteiger partial charge in [-0.05, 0) is 26.8 Å². The van der Waals surface area contributed by atoms with E-state index >= 15 is 0 Å². The number of carboxylic acids is 1. The van der Waals surface area contributed by atoms with Gasteiger partial charge >= 0.3 is 12.1 Å². The van der Waals surface area contributed by atoms with Gasteiger partial charge in [0.1, 0.15) is 5.69 Å². The molecule has 0 spiro atoms. The molecule has 0 aromatic carbocycles. The third-order valence-corrected chi connectivity index (χ3v) is 2.62. The average molecular weight is 278 g/mol. The molecule has 4 nitrogen and oxygen atoms in total. The van der Waals surface area contributed by atoms with Crippen molar-refractivity contribution in [2.24, 2.45) is 5.92 Å². The Bertz CT molecular complexity index is 441. The number of halogens is 3. The average Bonchev–Trinajstić information content (AvgIpc) is 2.60. The molecule has 1 aromatic heterocycles. The van der Waals surface area contributed by atoms with Crippen LogP contribution in [0.4, 0.5) is 13.2 Å². The maximum atomic E-state index is 12.9. The second kappa shape index (κ2) is 4.86. The Hall–Kier alpha value is -1.53. The van der Waals surface area contributed by atoms with Gasteiger partial charge in [-0.25, -0.2) is 0 Å². The number of hydrogen-bond donors (Lipinski definition) is 1. The predicted octanol–water partition coefficient (Wildman–Crippen LogP) is 2.92. The Labute approximate surface area is 109 Å². The van der Waals surface area contributed by atoms with Crippen LogP contribution in [0, 0.1) is 5.92 Å². The number of nitrogens with zero attached hydrogens (tertiary/aromatic N) is 2. The van der Waals surface area contributed by atoms with Gasteiger partial charge in [-0.15, -0.1) is 0 Å². The molecule has 1 heterocycles. The standard InChI is InChI=1S/C12H17F3N2O2/c1-7(10(18)19)5-8-6-9(12(13,14)15)17(16-8)11(2,3)4/h6-7H,5H2,1-4H3,(H,18,19). The van der Waals surface area contributed by atoms with Crippen molar-refractivity contribution in [3.63, 3.8) is 0 Å². The monoisotopic (exact) mass is 278 g/mol. The Balaban J connectivity index is 3.19. The van der Waals surface area contributed by atoms with Gasteiger partial charge in [-0.1, -0.05) is 6.92 Å². The molecular formula is C12H17F3N2O2. The molecule has 0 aliphatic carbocycles. The number of alkyl halides is 3. The summed E-state index contributed by atoms with van der Waals surface area (Å²) in [5, 5.41) is 12.7. The third kappa shape index (κ3) is 3.71. The van der Waals surface area contributed by atoms with Crippen molar-refractivity contribution in [3.05, 3.63) is 17.5 Å². The summed E-state index contributed by atoms with van der Waals surface area (Å²) in [4.78, 5) is 10.7. The first-order chi connectivity index (χ1) is 8.43. The molecule has 1 aromatic rings. The number of rotatable bonds is 3. The van der Waals surface area contributed by atoms with Crippen LogP contribution in [0.25, 0.3) is 0 Å². The molecule has 0 radical (unpaired) electrons. The molecule has 0 amide bonds. The van der Waals surface area contributed by atoms with Crippen molar-refractivity contribution in [2.75, 3.05) is 0 Å². The number of aromatic nitrogens is 2. The summed E-state index contributed by atoms with van der Waals surface area (Å²) in [5.41, 5.74) is -1.54. The molecule has 0 aliphatic rings. The van der Waals surface area contributed by atoms with E-state index in [1.54, 1.807) is 20.8 Å². The molecule has 1 atom stereocenters. The summed E-state index contributed by atoms with van der Waals surface area (Å²) in [5.74, 6) is -1.83. The van der Waals surface area contributed by atoms with E-state index in [-0.39, 0.29) is 12.1 Å². The summed E-state index contributed by atoms with van der Waals surface area (Å²) in [6, 6.07) is 0.921. The van der Waals surface area contributed by atoms with Gasteiger partial charge < -0.3 is 5.11 Å². The maximum Gasteiger partial charge on any atom is 0.433 e. The topological polar surface area (TPSA) is 55.1 Å². The van der Waals surface area contributed by atoms with Crippen LogP contribution in [-0.2, 0) is 22.9 Å². The molecule has 0 saturated heterocycles. The number of aliphatic carboxylic acids is 1. The zero-order valence-corrected chi connectivity index (χ0v) is 11.2. The van der Waals surface area contributed by atoms with E-state index in [4.69, 9.17) is 5.11 Å². The normalized spacial score (nSPS) is 14.5. The fourth-order valence-corrected chi connectivity index (χ4v) is 1.64. The van der Waals surface area contributed by atoms with Gasteiger partial charge in [0.15, 0.2) is 0 Å². The van der Waals surface area contributed by atoms with E-state index in [1.165, 1.54) is 6.92 Å². The highest BCUT2D eigenvalue weighted by Crippen LogP contribution is 2.33. The second-order valence-corrected chi connectivity index (χ2v) is 5.54. The van der Waals surface area contributed by atoms with E-state index in [1.807, 2.05) is 0 Å². The van der Waals surface area contributed by atoms with Crippen molar-refractivity contribution in [1.82, 2.24) is 9.78 Å². The minimum Gasteiger partial charge on any atom is -0.481 e. The second-order valence-electron chi connectivity index (χ2n) is 5.54. The van der Waals surface area contributed by atoms with Crippen LogP contribution in [0.5, 0.6) is 0 Å². The van der Waals surface area contributed by atoms with Crippen LogP contribution in [0.15, 0.2) is 6.07 Å². The fourth-order valence-electron chi connectivity index (χ4n) is 1.64. The van der Waals surface area contributed by atoms with E-state index < -0.39 is 29.3 Å². The molecule has 0 bridgehead atoms. The molecule has 0 saturated carbocycles. The van der Waals surface area contributed by atoms with Crippen LogP contribution < -0.4 is 0 Å². The lowest BCUT2D eigenvalue weighted by Crippen LogP contribution is -2.28. The van der Waals surface area contributed by atoms with Gasteiger partial charge in [0, 0.05) is 6.42 Å². The molecule has 1 N–H and O–H groups in total. The lowest BCUT2D eigenvalue weighted by molar-refractivity contribution is -0.146. The summed E-state index contributed by atoms with van der Waals surface area (Å²) < 4.78 is 39.6. The fraction of sp³-hybridized carbons (Fsp3) is 0.667. The summed E-state index contributed by atoms with van der Waals surface area (Å²) in [7, 11) is 0. The van der Waals surface area contributed by atoms with Crippen LogP contribution in [0.2, 0.25) is 0 Å². The van der Waals surface area contributed by atoms with Crippen LogP contribution in [0.3, 0.4) is 0 Å². The van der Waals surface area contributed by atoms with Crippen molar-refractivity contribution >= 4 is 5.97 Å². The van der Waals surface area contributed by atoms with Crippen molar-refractivity contribution in [1.29, 1.82) is 0 Å². The number of carboxylic acid groups (broad SMARTS) is 1. The summed E-state index contributed by atoms with van der Waals surface area (Å²) >= 11 is 0. The SMILES string of the molecule is CC(Cc1cc(C(F)(F)F)n(C(C)(C)C)n1)C(=O)O. The smallest absolute Gasteiger partial charge is 0.433 e. The first-order valence-electron chi connectivity index (χ1n) is 5.82. The quantitative estimate of drug-likeness (QED) is 0.924. The largest absolute Gasteiger partial charge is 0.481 e. The van der Waals surface area contributed by atoms with Crippen molar-refractivity contribution < 1.29 is 23.1 Å². The Kier molecular flexibility index (Phi) is 3.97. The molecule has 108 valence electrons. The molecule has 0 aliphatic heterocycles. The Morgan fingerprint density at radius 1 is 1.42 bits per heavy atom. The maximum absolute atomic E-state index is 12.9. The van der Waals surface area contributed by atoms with Gasteiger partial charge in [-0.2, -0.15) is 18.3 Å². The van der Waals surface area contributed by atoms with Gasteiger partial charge in [0.2, 0.25) is 0 Å². The highest BCUT2D eigenvalue weighted by Gasteiger charge is 2.38. The minimum atomic E-state index is -4.51. The van der Waals surface area contributed by atoms with E-state index in [2.05, 4.69) is 5.10 Å². The van der Waals surface area contributed by atoms with E-state index in [0.29, 0.717) is 0 Å². The zero-order valence-electron chi connectivity index (χ0n) is 11.2. The Morgan fingerprint density at radius 2 is 1.95 bits per heavy atom. The predicted molar refractivity (Wildman–Crippen MR) is 62.7 cm³/mol. The van der Waals surface area contributed by atoms with Gasteiger partial charge in [0.05, 0.1) is 17.2 Å².